The zero-order valence-corrected chi connectivity index (χ0v) is 33.0. The third kappa shape index (κ3) is 6.98. The Bertz CT molecular complexity index is 2470. The number of Topliss-reactive ketones (excluding diaryl/α,β-unsaturated/α-hetero) is 2. The standard InChI is InChI=1S/C46H46N4O9/c1-49-38-10-11-47-22-37(38)34-6-2-28(16-40(34)49)29-3-9-42(48-21-29)59-33-18-32(19-33)58-27-46-23-45(24-46,25-46)26-56-13-12-55-14-15-57-31-5-7-35-36(20-31)44(54)50(43(35)53)39-8-4-30(51)17-41(39)52/h2-3,5-7,9-11,16,20-22,32-33,39H,4,8,12-15,17-19,23-27H2,1H3. The van der Waals surface area contributed by atoms with Crippen LogP contribution in [0.15, 0.2) is 73.2 Å². The van der Waals surface area contributed by atoms with Crippen LogP contribution < -0.4 is 9.47 Å². The van der Waals surface area contributed by atoms with Crippen LogP contribution in [0.3, 0.4) is 0 Å². The molecule has 1 unspecified atom stereocenters. The number of rotatable bonds is 16. The van der Waals surface area contributed by atoms with E-state index in [1.165, 1.54) is 22.5 Å². The molecule has 0 radical (unpaired) electrons. The number of pyridine rings is 2. The van der Waals surface area contributed by atoms with Gasteiger partial charge in [0.2, 0.25) is 5.88 Å². The van der Waals surface area contributed by atoms with E-state index in [0.29, 0.717) is 36.9 Å². The normalized spacial score (nSPS) is 25.8. The highest BCUT2D eigenvalue weighted by atomic mass is 16.5. The van der Waals surface area contributed by atoms with Crippen LogP contribution in [-0.2, 0) is 30.8 Å². The van der Waals surface area contributed by atoms with Crippen LogP contribution in [0.2, 0.25) is 0 Å². The fraction of sp³-hybridized carbons (Fsp3) is 0.435. The maximum Gasteiger partial charge on any atom is 0.262 e. The lowest BCUT2D eigenvalue weighted by molar-refractivity contribution is -0.264. The van der Waals surface area contributed by atoms with Crippen LogP contribution in [0.4, 0.5) is 0 Å². The Kier molecular flexibility index (Phi) is 9.57. The predicted molar refractivity (Wildman–Crippen MR) is 215 cm³/mol. The van der Waals surface area contributed by atoms with Gasteiger partial charge in [-0.05, 0) is 78.5 Å². The molecule has 0 saturated heterocycles. The summed E-state index contributed by atoms with van der Waals surface area (Å²) in [5.41, 5.74) is 5.52. The van der Waals surface area contributed by atoms with Crippen LogP contribution in [0, 0.1) is 10.8 Å². The number of imide groups is 1. The van der Waals surface area contributed by atoms with E-state index in [-0.39, 0.29) is 66.2 Å². The number of ether oxygens (including phenoxy) is 5. The number of aromatic nitrogens is 3. The smallest absolute Gasteiger partial charge is 0.262 e. The van der Waals surface area contributed by atoms with Crippen molar-refractivity contribution in [2.75, 3.05) is 39.6 Å². The first-order valence-corrected chi connectivity index (χ1v) is 20.6. The lowest BCUT2D eigenvalue weighted by Gasteiger charge is -2.70. The number of hydrogen-bond acceptors (Lipinski definition) is 11. The fourth-order valence-electron chi connectivity index (χ4n) is 10.1. The molecule has 5 aromatic rings. The number of carbonyl (C=O) groups is 4. The molecule has 1 aliphatic heterocycles. The summed E-state index contributed by atoms with van der Waals surface area (Å²) in [4.78, 5) is 59.9. The van der Waals surface area contributed by atoms with E-state index in [9.17, 15) is 19.2 Å². The van der Waals surface area contributed by atoms with Gasteiger partial charge in [0.15, 0.2) is 5.78 Å². The highest BCUT2D eigenvalue weighted by Gasteiger charge is 2.67. The number of carbonyl (C=O) groups excluding carboxylic acids is 4. The molecule has 2 aromatic carbocycles. The van der Waals surface area contributed by atoms with Crippen molar-refractivity contribution in [3.8, 4) is 22.8 Å². The molecule has 1 atom stereocenters. The second-order valence-electron chi connectivity index (χ2n) is 17.2. The molecule has 5 fully saturated rings. The molecule has 13 nitrogen and oxygen atoms in total. The van der Waals surface area contributed by atoms with Gasteiger partial charge >= 0.3 is 0 Å². The first-order valence-electron chi connectivity index (χ1n) is 20.6. The van der Waals surface area contributed by atoms with Crippen LogP contribution >= 0.6 is 0 Å². The Morgan fingerprint density at radius 3 is 2.34 bits per heavy atom. The highest BCUT2D eigenvalue weighted by Crippen LogP contribution is 2.73. The summed E-state index contributed by atoms with van der Waals surface area (Å²) in [7, 11) is 2.09. The van der Waals surface area contributed by atoms with Gasteiger partial charge in [-0.25, -0.2) is 4.98 Å². The van der Waals surface area contributed by atoms with E-state index in [2.05, 4.69) is 45.8 Å². The summed E-state index contributed by atoms with van der Waals surface area (Å²) >= 11 is 0. The molecule has 0 N–H and O–H groups in total. The monoisotopic (exact) mass is 798 g/mol. The van der Waals surface area contributed by atoms with Crippen LogP contribution in [0.5, 0.6) is 11.6 Å². The quantitative estimate of drug-likeness (QED) is 0.0631. The Hall–Kier alpha value is -5.50. The zero-order chi connectivity index (χ0) is 40.3. The Balaban J connectivity index is 0.585. The Labute approximate surface area is 340 Å². The zero-order valence-electron chi connectivity index (χ0n) is 33.0. The van der Waals surface area contributed by atoms with E-state index >= 15 is 0 Å². The number of fused-ring (bicyclic) bond motifs is 4. The molecule has 2 amide bonds. The summed E-state index contributed by atoms with van der Waals surface area (Å²) in [6.07, 6.45) is 11.3. The molecule has 4 heterocycles. The van der Waals surface area contributed by atoms with Gasteiger partial charge in [0.25, 0.3) is 11.8 Å². The number of aryl methyl sites for hydroxylation is 1. The highest BCUT2D eigenvalue weighted by molar-refractivity contribution is 6.23. The molecular weight excluding hydrogens is 753 g/mol. The van der Waals surface area contributed by atoms with Gasteiger partial charge in [-0.2, -0.15) is 0 Å². The van der Waals surface area contributed by atoms with Crippen molar-refractivity contribution in [2.45, 2.75) is 69.6 Å². The molecule has 0 spiro atoms. The Morgan fingerprint density at radius 2 is 1.53 bits per heavy atom. The minimum absolute atomic E-state index is 0.124. The third-order valence-corrected chi connectivity index (χ3v) is 13.0. The lowest BCUT2D eigenvalue weighted by atomic mass is 9.35. The number of ketones is 2. The molecule has 59 heavy (non-hydrogen) atoms. The maximum absolute atomic E-state index is 13.1. The number of hydrogen-bond donors (Lipinski definition) is 0. The van der Waals surface area contributed by atoms with Gasteiger partial charge in [0, 0.05) is 72.8 Å². The second-order valence-corrected chi connectivity index (χ2v) is 17.2. The molecule has 6 aliphatic rings. The van der Waals surface area contributed by atoms with Crippen LogP contribution in [0.1, 0.15) is 72.1 Å². The van der Waals surface area contributed by atoms with Crippen molar-refractivity contribution in [3.05, 3.63) is 84.3 Å². The average Bonchev–Trinajstić information content (AvgIpc) is 3.62. The van der Waals surface area contributed by atoms with Gasteiger partial charge in [0.05, 0.1) is 68.2 Å². The number of benzene rings is 2. The summed E-state index contributed by atoms with van der Waals surface area (Å²) in [5.74, 6) is -0.505. The van der Waals surface area contributed by atoms with Gasteiger partial charge in [-0.1, -0.05) is 12.1 Å². The van der Waals surface area contributed by atoms with E-state index in [0.717, 1.165) is 66.7 Å². The van der Waals surface area contributed by atoms with E-state index in [4.69, 9.17) is 23.7 Å². The van der Waals surface area contributed by atoms with Crippen molar-refractivity contribution in [3.63, 3.8) is 0 Å². The predicted octanol–water partition coefficient (Wildman–Crippen LogP) is 6.28. The van der Waals surface area contributed by atoms with Gasteiger partial charge in [-0.15, -0.1) is 0 Å². The summed E-state index contributed by atoms with van der Waals surface area (Å²) in [5, 5.41) is 2.35. The van der Waals surface area contributed by atoms with Gasteiger partial charge < -0.3 is 28.3 Å². The van der Waals surface area contributed by atoms with E-state index in [1.54, 1.807) is 12.1 Å². The first kappa shape index (κ1) is 37.7. The molecule has 2 bridgehead atoms. The fourth-order valence-corrected chi connectivity index (χ4v) is 10.1. The molecule has 5 aliphatic carbocycles. The summed E-state index contributed by atoms with van der Waals surface area (Å²) < 4.78 is 32.2. The maximum atomic E-state index is 13.1. The largest absolute Gasteiger partial charge is 0.491 e. The van der Waals surface area contributed by atoms with Crippen LogP contribution in [-0.4, -0.2) is 101 Å². The van der Waals surface area contributed by atoms with Crippen molar-refractivity contribution < 1.29 is 42.9 Å². The molecule has 3 aromatic heterocycles. The van der Waals surface area contributed by atoms with Crippen LogP contribution in [0.25, 0.3) is 32.9 Å². The molecule has 304 valence electrons. The SMILES string of the molecule is Cn1c2ccncc2c2ccc(-c3ccc(OC4CC(OCC56CC(COCCOCCOc7ccc8c(c7)C(=O)N(C7CCC(=O)CC7=O)C8=O)(C5)C6)C4)nc3)cc21. The number of nitrogens with zero attached hydrogens (tertiary/aromatic N) is 4. The second kappa shape index (κ2) is 15.0. The van der Waals surface area contributed by atoms with Crippen molar-refractivity contribution in [2.24, 2.45) is 17.9 Å². The summed E-state index contributed by atoms with van der Waals surface area (Å²) in [6, 6.07) is 16.4. The average molecular weight is 799 g/mol. The Morgan fingerprint density at radius 1 is 0.746 bits per heavy atom. The molecule has 5 saturated carbocycles. The minimum atomic E-state index is -0.893. The van der Waals surface area contributed by atoms with Crippen molar-refractivity contribution >= 4 is 45.2 Å². The summed E-state index contributed by atoms with van der Waals surface area (Å²) in [6.45, 7) is 3.09. The van der Waals surface area contributed by atoms with Gasteiger partial charge in [0.1, 0.15) is 24.2 Å². The molecule has 13 heteroatoms. The molecule has 11 rings (SSSR count). The lowest BCUT2D eigenvalue weighted by Crippen LogP contribution is -2.66. The molecular formula is C46H46N4O9. The number of amides is 2. The van der Waals surface area contributed by atoms with E-state index < -0.39 is 17.9 Å². The minimum Gasteiger partial charge on any atom is -0.491 e. The van der Waals surface area contributed by atoms with E-state index in [1.807, 2.05) is 30.7 Å². The van der Waals surface area contributed by atoms with Gasteiger partial charge in [-0.3, -0.25) is 29.1 Å². The third-order valence-electron chi connectivity index (χ3n) is 13.0. The van der Waals surface area contributed by atoms with Crippen molar-refractivity contribution in [1.82, 2.24) is 19.4 Å². The first-order chi connectivity index (χ1) is 28.7. The van der Waals surface area contributed by atoms with Crippen molar-refractivity contribution in [1.29, 1.82) is 0 Å². The topological polar surface area (TPSA) is 148 Å².